The fourth-order valence-corrected chi connectivity index (χ4v) is 2.01. The predicted octanol–water partition coefficient (Wildman–Crippen LogP) is 2.67. The van der Waals surface area contributed by atoms with E-state index >= 15 is 0 Å². The molecular weight excluding hydrogens is 283 g/mol. The molecule has 0 spiro atoms. The summed E-state index contributed by atoms with van der Waals surface area (Å²) in [6.07, 6.45) is 8.54. The maximum atomic E-state index is 2.39. The van der Waals surface area contributed by atoms with Crippen LogP contribution in [0.25, 0.3) is 12.2 Å². The third kappa shape index (κ3) is 2.19. The van der Waals surface area contributed by atoms with E-state index in [-0.39, 0.29) is 24.0 Å². The van der Waals surface area contributed by atoms with Gasteiger partial charge in [0.15, 0.2) is 0 Å². The van der Waals surface area contributed by atoms with Gasteiger partial charge in [-0.1, -0.05) is 24.3 Å². The molecule has 1 aliphatic carbocycles. The smallest absolute Gasteiger partial charge is 0.0195 e. The molecule has 2 rings (SSSR count). The highest BCUT2D eigenvalue weighted by atomic mass is 127. The summed E-state index contributed by atoms with van der Waals surface area (Å²) in [6, 6.07) is 4.45. The average molecular weight is 300 g/mol. The second kappa shape index (κ2) is 4.96. The Morgan fingerprint density at radius 3 is 1.71 bits per heavy atom. The third-order valence-corrected chi connectivity index (χ3v) is 2.83. The molecule has 1 aliphatic rings. The molecule has 0 aromatic heterocycles. The summed E-state index contributed by atoms with van der Waals surface area (Å²) in [5, 5.41) is 2.94. The molecule has 0 atom stereocenters. The van der Waals surface area contributed by atoms with Gasteiger partial charge in [-0.3, -0.25) is 0 Å². The van der Waals surface area contributed by atoms with Gasteiger partial charge < -0.3 is 0 Å². The third-order valence-electron chi connectivity index (χ3n) is 2.83. The summed E-state index contributed by atoms with van der Waals surface area (Å²) in [6.45, 7) is 4.40. The zero-order chi connectivity index (χ0) is 9.26. The van der Waals surface area contributed by atoms with Crippen molar-refractivity contribution in [3.63, 3.8) is 0 Å². The van der Waals surface area contributed by atoms with E-state index in [4.69, 9.17) is 0 Å². The summed E-state index contributed by atoms with van der Waals surface area (Å²) in [5.74, 6) is 0. The van der Waals surface area contributed by atoms with Crippen LogP contribution in [0.1, 0.15) is 30.4 Å². The highest BCUT2D eigenvalue weighted by Crippen LogP contribution is 2.01. The lowest BCUT2D eigenvalue weighted by Gasteiger charge is -1.99. The zero-order valence-electron chi connectivity index (χ0n) is 8.84. The van der Waals surface area contributed by atoms with Crippen LogP contribution in [0.2, 0.25) is 0 Å². The van der Waals surface area contributed by atoms with Crippen molar-refractivity contribution in [1.29, 1.82) is 0 Å². The number of hydrogen-bond acceptors (Lipinski definition) is 0. The van der Waals surface area contributed by atoms with E-state index in [0.717, 1.165) is 0 Å². The van der Waals surface area contributed by atoms with Gasteiger partial charge in [0.25, 0.3) is 0 Å². The molecule has 0 aliphatic heterocycles. The predicted molar refractivity (Wildman–Crippen MR) is 73.4 cm³/mol. The quantitative estimate of drug-likeness (QED) is 0.646. The van der Waals surface area contributed by atoms with Gasteiger partial charge in [0.2, 0.25) is 0 Å². The molecule has 0 radical (unpaired) electrons. The molecule has 0 N–H and O–H groups in total. The van der Waals surface area contributed by atoms with Crippen molar-refractivity contribution in [3.05, 3.63) is 33.7 Å². The molecule has 0 nitrogen and oxygen atoms in total. The fraction of sp³-hybridized carbons (Fsp3) is 0.385. The van der Waals surface area contributed by atoms with E-state index in [1.54, 1.807) is 0 Å². The first-order valence-electron chi connectivity index (χ1n) is 5.05. The van der Waals surface area contributed by atoms with Crippen LogP contribution in [0.5, 0.6) is 0 Å². The minimum atomic E-state index is 0. The average Bonchev–Trinajstić information content (AvgIpc) is 2.37. The van der Waals surface area contributed by atoms with Crippen molar-refractivity contribution < 1.29 is 0 Å². The van der Waals surface area contributed by atoms with E-state index < -0.39 is 0 Å². The van der Waals surface area contributed by atoms with E-state index in [1.807, 2.05) is 0 Å². The Bertz CT molecular complexity index is 388. The van der Waals surface area contributed by atoms with Crippen molar-refractivity contribution in [1.82, 2.24) is 0 Å². The van der Waals surface area contributed by atoms with Gasteiger partial charge in [-0.2, -0.15) is 0 Å². The lowest BCUT2D eigenvalue weighted by Crippen LogP contribution is -2.29. The van der Waals surface area contributed by atoms with Crippen LogP contribution in [-0.4, -0.2) is 0 Å². The Kier molecular flexibility index (Phi) is 4.17. The van der Waals surface area contributed by atoms with E-state index in [0.29, 0.717) is 0 Å². The molecule has 0 saturated carbocycles. The van der Waals surface area contributed by atoms with Crippen LogP contribution in [0.3, 0.4) is 0 Å². The Labute approximate surface area is 103 Å². The number of hydrogen-bond donors (Lipinski definition) is 0. The molecule has 1 heteroatoms. The van der Waals surface area contributed by atoms with Crippen LogP contribution in [0, 0.1) is 13.8 Å². The molecule has 14 heavy (non-hydrogen) atoms. The lowest BCUT2D eigenvalue weighted by molar-refractivity contribution is 0.924. The van der Waals surface area contributed by atoms with E-state index in [1.165, 1.54) is 40.8 Å². The Hall–Kier alpha value is -0.310. The van der Waals surface area contributed by atoms with Crippen LogP contribution < -0.4 is 10.4 Å². The van der Waals surface area contributed by atoms with Crippen LogP contribution in [0.4, 0.5) is 0 Å². The summed E-state index contributed by atoms with van der Waals surface area (Å²) in [5.41, 5.74) is 2.83. The van der Waals surface area contributed by atoms with Gasteiger partial charge in [-0.25, -0.2) is 0 Å². The van der Waals surface area contributed by atoms with Crippen molar-refractivity contribution in [3.8, 4) is 0 Å². The minimum Gasteiger partial charge on any atom is -0.107 e. The SMILES string of the molecule is Cc1ccc(C)c2c1=CCCCC=2.I. The van der Waals surface area contributed by atoms with Crippen molar-refractivity contribution in [2.24, 2.45) is 0 Å². The highest BCUT2D eigenvalue weighted by Gasteiger charge is 1.98. The second-order valence-corrected chi connectivity index (χ2v) is 3.87. The number of aryl methyl sites for hydroxylation is 2. The monoisotopic (exact) mass is 300 g/mol. The summed E-state index contributed by atoms with van der Waals surface area (Å²) in [4.78, 5) is 0. The first-order valence-corrected chi connectivity index (χ1v) is 5.05. The molecule has 0 fully saturated rings. The van der Waals surface area contributed by atoms with Crippen LogP contribution >= 0.6 is 24.0 Å². The van der Waals surface area contributed by atoms with Gasteiger partial charge in [-0.05, 0) is 54.7 Å². The highest BCUT2D eigenvalue weighted by molar-refractivity contribution is 14.0. The fourth-order valence-electron chi connectivity index (χ4n) is 2.01. The number of rotatable bonds is 0. The zero-order valence-corrected chi connectivity index (χ0v) is 11.2. The number of benzene rings is 1. The topological polar surface area (TPSA) is 0 Å². The Morgan fingerprint density at radius 2 is 1.29 bits per heavy atom. The van der Waals surface area contributed by atoms with Gasteiger partial charge in [0, 0.05) is 0 Å². The molecule has 1 aromatic rings. The van der Waals surface area contributed by atoms with Crippen LogP contribution in [-0.2, 0) is 0 Å². The molecule has 0 amide bonds. The first kappa shape index (κ1) is 11.8. The Morgan fingerprint density at radius 1 is 0.857 bits per heavy atom. The molecule has 1 aromatic carbocycles. The molecule has 0 heterocycles. The minimum absolute atomic E-state index is 0. The molecule has 76 valence electrons. The van der Waals surface area contributed by atoms with Crippen molar-refractivity contribution >= 4 is 36.1 Å². The maximum absolute atomic E-state index is 2.39. The molecule has 0 bridgehead atoms. The van der Waals surface area contributed by atoms with E-state index in [9.17, 15) is 0 Å². The van der Waals surface area contributed by atoms with Crippen LogP contribution in [0.15, 0.2) is 12.1 Å². The number of fused-ring (bicyclic) bond motifs is 1. The second-order valence-electron chi connectivity index (χ2n) is 3.87. The van der Waals surface area contributed by atoms with Crippen molar-refractivity contribution in [2.45, 2.75) is 33.1 Å². The molecule has 0 unspecified atom stereocenters. The molecule has 0 saturated heterocycles. The maximum Gasteiger partial charge on any atom is -0.0195 e. The van der Waals surface area contributed by atoms with Gasteiger partial charge in [0.1, 0.15) is 0 Å². The van der Waals surface area contributed by atoms with Crippen molar-refractivity contribution in [2.75, 3.05) is 0 Å². The summed E-state index contributed by atoms with van der Waals surface area (Å²) < 4.78 is 0. The Balaban J connectivity index is 0.000000980. The largest absolute Gasteiger partial charge is 0.107 e. The normalized spacial score (nSPS) is 14.1. The standard InChI is InChI=1S/C13H16.HI/c1-10-8-9-11(2)13-7-5-3-4-6-12(10)13;/h6-9H,3-5H2,1-2H3;1H. The van der Waals surface area contributed by atoms with Gasteiger partial charge in [-0.15, -0.1) is 24.0 Å². The lowest BCUT2D eigenvalue weighted by atomic mass is 10.1. The summed E-state index contributed by atoms with van der Waals surface area (Å²) in [7, 11) is 0. The van der Waals surface area contributed by atoms with Gasteiger partial charge >= 0.3 is 0 Å². The number of halogens is 1. The summed E-state index contributed by atoms with van der Waals surface area (Å²) >= 11 is 0. The van der Waals surface area contributed by atoms with E-state index in [2.05, 4.69) is 38.1 Å². The molecular formula is C13H17I. The first-order chi connectivity index (χ1) is 6.29. The van der Waals surface area contributed by atoms with Gasteiger partial charge in [0.05, 0.1) is 0 Å².